The zero-order valence-corrected chi connectivity index (χ0v) is 13.5. The summed E-state index contributed by atoms with van der Waals surface area (Å²) in [4.78, 5) is 7.42. The van der Waals surface area contributed by atoms with Crippen LogP contribution < -0.4 is 10.2 Å². The Morgan fingerprint density at radius 3 is 2.60 bits per heavy atom. The second-order valence-corrected chi connectivity index (χ2v) is 5.98. The summed E-state index contributed by atoms with van der Waals surface area (Å²) in [5.41, 5.74) is 3.90. The average molecular weight is 275 g/mol. The molecule has 0 spiro atoms. The summed E-state index contributed by atoms with van der Waals surface area (Å²) >= 11 is 0. The van der Waals surface area contributed by atoms with E-state index in [-0.39, 0.29) is 0 Å². The lowest BCUT2D eigenvalue weighted by Gasteiger charge is -2.27. The molecular weight excluding hydrogens is 246 g/mol. The van der Waals surface area contributed by atoms with E-state index in [4.69, 9.17) is 4.98 Å². The van der Waals surface area contributed by atoms with Crippen LogP contribution in [0.5, 0.6) is 0 Å². The van der Waals surface area contributed by atoms with Crippen molar-refractivity contribution in [3.63, 3.8) is 0 Å². The number of hydrogen-bond donors (Lipinski definition) is 1. The van der Waals surface area contributed by atoms with Gasteiger partial charge >= 0.3 is 0 Å². The molecule has 0 bridgehead atoms. The second kappa shape index (κ2) is 7.07. The minimum atomic E-state index is 0.730. The Morgan fingerprint density at radius 2 is 2.00 bits per heavy atom. The molecule has 1 fully saturated rings. The van der Waals surface area contributed by atoms with Crippen LogP contribution in [0, 0.1) is 13.8 Å². The lowest BCUT2D eigenvalue weighted by Crippen LogP contribution is -2.30. The van der Waals surface area contributed by atoms with Gasteiger partial charge in [0.05, 0.1) is 0 Å². The van der Waals surface area contributed by atoms with Crippen molar-refractivity contribution in [2.45, 2.75) is 66.0 Å². The third kappa shape index (κ3) is 3.72. The molecule has 1 aromatic rings. The molecule has 0 aromatic carbocycles. The van der Waals surface area contributed by atoms with Crippen molar-refractivity contribution < 1.29 is 0 Å². The van der Waals surface area contributed by atoms with Gasteiger partial charge in [-0.3, -0.25) is 0 Å². The van der Waals surface area contributed by atoms with Crippen LogP contribution in [0.3, 0.4) is 0 Å². The highest BCUT2D eigenvalue weighted by atomic mass is 15.2. The number of aromatic nitrogens is 1. The predicted octanol–water partition coefficient (Wildman–Crippen LogP) is 3.58. The number of anilines is 1. The van der Waals surface area contributed by atoms with Gasteiger partial charge < -0.3 is 10.2 Å². The van der Waals surface area contributed by atoms with Gasteiger partial charge in [-0.15, -0.1) is 0 Å². The second-order valence-electron chi connectivity index (χ2n) is 5.98. The Labute approximate surface area is 123 Å². The van der Waals surface area contributed by atoms with Gasteiger partial charge in [0.15, 0.2) is 0 Å². The standard InChI is InChI=1S/C17H29N3/c1-5-9-18-12-16-13(3)11-14(4)19-17(16)20(10-6-2)15-7-8-15/h11,15,18H,5-10,12H2,1-4H3. The maximum Gasteiger partial charge on any atom is 0.133 e. The van der Waals surface area contributed by atoms with E-state index in [1.165, 1.54) is 42.6 Å². The van der Waals surface area contributed by atoms with Gasteiger partial charge in [0.2, 0.25) is 0 Å². The fourth-order valence-electron chi connectivity index (χ4n) is 2.78. The molecule has 0 radical (unpaired) electrons. The minimum absolute atomic E-state index is 0.730. The normalized spacial score (nSPS) is 14.6. The van der Waals surface area contributed by atoms with Crippen LogP contribution in [-0.4, -0.2) is 24.1 Å². The van der Waals surface area contributed by atoms with E-state index in [1.54, 1.807) is 0 Å². The van der Waals surface area contributed by atoms with Crippen LogP contribution in [0.15, 0.2) is 6.07 Å². The monoisotopic (exact) mass is 275 g/mol. The lowest BCUT2D eigenvalue weighted by molar-refractivity contribution is 0.662. The molecule has 0 saturated heterocycles. The molecule has 1 heterocycles. The molecular formula is C17H29N3. The molecule has 0 amide bonds. The summed E-state index contributed by atoms with van der Waals surface area (Å²) in [6.45, 7) is 11.9. The average Bonchev–Trinajstić information content (AvgIpc) is 3.22. The van der Waals surface area contributed by atoms with E-state index >= 15 is 0 Å². The van der Waals surface area contributed by atoms with Gasteiger partial charge in [-0.25, -0.2) is 4.98 Å². The van der Waals surface area contributed by atoms with Gasteiger partial charge in [-0.1, -0.05) is 13.8 Å². The Bertz CT molecular complexity index is 438. The third-order valence-corrected chi connectivity index (χ3v) is 3.91. The molecule has 1 aromatic heterocycles. The molecule has 0 atom stereocenters. The van der Waals surface area contributed by atoms with Crippen LogP contribution in [-0.2, 0) is 6.54 Å². The van der Waals surface area contributed by atoms with Gasteiger partial charge in [-0.05, 0) is 57.7 Å². The minimum Gasteiger partial charge on any atom is -0.353 e. The zero-order valence-electron chi connectivity index (χ0n) is 13.5. The lowest BCUT2D eigenvalue weighted by atomic mass is 10.1. The summed E-state index contributed by atoms with van der Waals surface area (Å²) in [5, 5.41) is 3.54. The van der Waals surface area contributed by atoms with Crippen LogP contribution in [0.2, 0.25) is 0 Å². The molecule has 0 unspecified atom stereocenters. The first-order valence-electron chi connectivity index (χ1n) is 8.11. The molecule has 3 nitrogen and oxygen atoms in total. The Kier molecular flexibility index (Phi) is 5.41. The summed E-state index contributed by atoms with van der Waals surface area (Å²) < 4.78 is 0. The zero-order chi connectivity index (χ0) is 14.5. The van der Waals surface area contributed by atoms with E-state index < -0.39 is 0 Å². The van der Waals surface area contributed by atoms with Crippen molar-refractivity contribution in [2.75, 3.05) is 18.0 Å². The fourth-order valence-corrected chi connectivity index (χ4v) is 2.78. The summed E-state index contributed by atoms with van der Waals surface area (Å²) in [6.07, 6.45) is 5.02. The number of rotatable bonds is 8. The number of nitrogens with one attached hydrogen (secondary N) is 1. The largest absolute Gasteiger partial charge is 0.353 e. The highest BCUT2D eigenvalue weighted by Gasteiger charge is 2.31. The quantitative estimate of drug-likeness (QED) is 0.735. The van der Waals surface area contributed by atoms with E-state index in [0.717, 1.165) is 31.4 Å². The van der Waals surface area contributed by atoms with E-state index in [0.29, 0.717) is 0 Å². The predicted molar refractivity (Wildman–Crippen MR) is 86.4 cm³/mol. The molecule has 2 rings (SSSR count). The Balaban J connectivity index is 2.27. The molecule has 3 heteroatoms. The van der Waals surface area contributed by atoms with E-state index in [1.807, 2.05) is 0 Å². The van der Waals surface area contributed by atoms with Crippen molar-refractivity contribution in [2.24, 2.45) is 0 Å². The molecule has 20 heavy (non-hydrogen) atoms. The number of nitrogens with zero attached hydrogens (tertiary/aromatic N) is 2. The smallest absolute Gasteiger partial charge is 0.133 e. The maximum absolute atomic E-state index is 4.88. The highest BCUT2D eigenvalue weighted by Crippen LogP contribution is 2.33. The van der Waals surface area contributed by atoms with Gasteiger partial charge in [0.1, 0.15) is 5.82 Å². The van der Waals surface area contributed by atoms with Crippen LogP contribution in [0.1, 0.15) is 56.4 Å². The number of aryl methyl sites for hydroxylation is 2. The molecule has 0 aliphatic heterocycles. The SMILES string of the molecule is CCCNCc1c(C)cc(C)nc1N(CCC)C1CC1. The molecule has 112 valence electrons. The van der Waals surface area contributed by atoms with Gasteiger partial charge in [-0.2, -0.15) is 0 Å². The van der Waals surface area contributed by atoms with Crippen molar-refractivity contribution in [3.8, 4) is 0 Å². The third-order valence-electron chi connectivity index (χ3n) is 3.91. The van der Waals surface area contributed by atoms with E-state index in [2.05, 4.69) is 44.0 Å². The summed E-state index contributed by atoms with van der Waals surface area (Å²) in [7, 11) is 0. The Hall–Kier alpha value is -1.09. The summed E-state index contributed by atoms with van der Waals surface area (Å²) in [5.74, 6) is 1.23. The van der Waals surface area contributed by atoms with Gasteiger partial charge in [0, 0.05) is 30.4 Å². The molecule has 1 N–H and O–H groups in total. The highest BCUT2D eigenvalue weighted by molar-refractivity contribution is 5.53. The first-order chi connectivity index (χ1) is 9.67. The first kappa shape index (κ1) is 15.3. The van der Waals surface area contributed by atoms with Crippen LogP contribution in [0.4, 0.5) is 5.82 Å². The number of hydrogen-bond acceptors (Lipinski definition) is 3. The van der Waals surface area contributed by atoms with Crippen molar-refractivity contribution in [1.82, 2.24) is 10.3 Å². The molecule has 1 aliphatic rings. The van der Waals surface area contributed by atoms with Crippen molar-refractivity contribution >= 4 is 5.82 Å². The van der Waals surface area contributed by atoms with Crippen molar-refractivity contribution in [3.05, 3.63) is 22.9 Å². The van der Waals surface area contributed by atoms with E-state index in [9.17, 15) is 0 Å². The van der Waals surface area contributed by atoms with Gasteiger partial charge in [0.25, 0.3) is 0 Å². The van der Waals surface area contributed by atoms with Crippen LogP contribution in [0.25, 0.3) is 0 Å². The Morgan fingerprint density at radius 1 is 1.25 bits per heavy atom. The van der Waals surface area contributed by atoms with Crippen LogP contribution >= 0.6 is 0 Å². The topological polar surface area (TPSA) is 28.2 Å². The number of pyridine rings is 1. The van der Waals surface area contributed by atoms with Crippen molar-refractivity contribution in [1.29, 1.82) is 0 Å². The maximum atomic E-state index is 4.88. The summed E-state index contributed by atoms with van der Waals surface area (Å²) in [6, 6.07) is 2.94. The molecule has 1 aliphatic carbocycles. The fraction of sp³-hybridized carbons (Fsp3) is 0.706. The first-order valence-corrected chi connectivity index (χ1v) is 8.11. The molecule has 1 saturated carbocycles.